The zero-order chi connectivity index (χ0) is 20.0. The average Bonchev–Trinajstić information content (AvgIpc) is 3.41. The van der Waals surface area contributed by atoms with Crippen molar-refractivity contribution in [1.82, 2.24) is 15.1 Å². The Morgan fingerprint density at radius 1 is 1.28 bits per heavy atom. The minimum atomic E-state index is -0.946. The van der Waals surface area contributed by atoms with Crippen LogP contribution in [0.15, 0.2) is 28.7 Å². The van der Waals surface area contributed by atoms with Crippen molar-refractivity contribution >= 4 is 17.8 Å². The second-order valence-corrected chi connectivity index (χ2v) is 8.65. The third-order valence-corrected chi connectivity index (χ3v) is 6.65. The summed E-state index contributed by atoms with van der Waals surface area (Å²) in [4.78, 5) is 21.1. The molecule has 5 atom stereocenters. The average molecular weight is 401 g/mol. The number of aliphatic imine (C=N–C) groups is 1. The van der Waals surface area contributed by atoms with Crippen LogP contribution in [0.2, 0.25) is 0 Å². The predicted octanol–water partition coefficient (Wildman–Crippen LogP) is 1.97. The van der Waals surface area contributed by atoms with Crippen LogP contribution >= 0.6 is 0 Å². The Bertz CT molecular complexity index is 774. The highest BCUT2D eigenvalue weighted by atomic mass is 19.1. The molecule has 7 nitrogen and oxygen atoms in total. The van der Waals surface area contributed by atoms with E-state index in [0.717, 1.165) is 44.4 Å². The van der Waals surface area contributed by atoms with Crippen molar-refractivity contribution in [1.29, 1.82) is 5.41 Å². The maximum atomic E-state index is 13.4. The van der Waals surface area contributed by atoms with Gasteiger partial charge in [-0.3, -0.25) is 15.2 Å². The van der Waals surface area contributed by atoms with E-state index in [1.165, 1.54) is 0 Å². The number of allylic oxidation sites excluding steroid dienone is 1. The number of nitrogens with zero attached hydrogens (tertiary/aromatic N) is 3. The number of ether oxygens (including phenoxy) is 1. The van der Waals surface area contributed by atoms with Crippen LogP contribution in [0.25, 0.3) is 0 Å². The molecule has 3 unspecified atom stereocenters. The van der Waals surface area contributed by atoms with Crippen LogP contribution in [0.4, 0.5) is 4.39 Å². The molecule has 1 amide bonds. The quantitative estimate of drug-likeness (QED) is 0.755. The molecule has 0 radical (unpaired) electrons. The van der Waals surface area contributed by atoms with Crippen LogP contribution in [0.5, 0.6) is 0 Å². The van der Waals surface area contributed by atoms with Crippen molar-refractivity contribution in [2.45, 2.75) is 63.0 Å². The van der Waals surface area contributed by atoms with Crippen LogP contribution in [0.3, 0.4) is 0 Å². The molecule has 156 valence electrons. The first-order valence-corrected chi connectivity index (χ1v) is 10.7. The van der Waals surface area contributed by atoms with Gasteiger partial charge in [0, 0.05) is 44.2 Å². The van der Waals surface area contributed by atoms with Gasteiger partial charge in [0.2, 0.25) is 5.91 Å². The summed E-state index contributed by atoms with van der Waals surface area (Å²) in [7, 11) is 0. The van der Waals surface area contributed by atoms with Gasteiger partial charge in [-0.25, -0.2) is 4.39 Å². The number of nitrogens with one attached hydrogen (secondary N) is 2. The highest BCUT2D eigenvalue weighted by Crippen LogP contribution is 2.40. The Kier molecular flexibility index (Phi) is 4.89. The Balaban J connectivity index is 1.24. The highest BCUT2D eigenvalue weighted by Gasteiger charge is 2.51. The number of hydrogen-bond donors (Lipinski definition) is 2. The van der Waals surface area contributed by atoms with Crippen LogP contribution < -0.4 is 5.32 Å². The monoisotopic (exact) mass is 401 g/mol. The molecular weight excluding hydrogens is 373 g/mol. The van der Waals surface area contributed by atoms with Crippen LogP contribution in [0, 0.1) is 11.3 Å². The van der Waals surface area contributed by atoms with Crippen LogP contribution in [0.1, 0.15) is 38.5 Å². The fourth-order valence-electron chi connectivity index (χ4n) is 4.95. The number of likely N-dealkylation sites (tertiary alicyclic amines) is 1. The van der Waals surface area contributed by atoms with E-state index in [1.54, 1.807) is 12.4 Å². The van der Waals surface area contributed by atoms with E-state index in [-0.39, 0.29) is 24.2 Å². The summed E-state index contributed by atoms with van der Waals surface area (Å²) < 4.78 is 19.1. The SMILES string of the molecule is N=C1C(N2CC3CCC(C2)N3C(=O)[C@@H]2C[C@H]2F)=CC=N/C1=C/NC1CCCCO1. The first kappa shape index (κ1) is 18.8. The lowest BCUT2D eigenvalue weighted by molar-refractivity contribution is -0.138. The molecule has 0 aromatic carbocycles. The van der Waals surface area contributed by atoms with E-state index in [4.69, 9.17) is 10.1 Å². The van der Waals surface area contributed by atoms with Gasteiger partial charge < -0.3 is 19.9 Å². The number of rotatable bonds is 4. The van der Waals surface area contributed by atoms with E-state index in [2.05, 4.69) is 15.2 Å². The minimum absolute atomic E-state index is 0.00354. The molecule has 1 aliphatic carbocycles. The normalized spacial score (nSPS) is 37.7. The van der Waals surface area contributed by atoms with Gasteiger partial charge >= 0.3 is 0 Å². The smallest absolute Gasteiger partial charge is 0.229 e. The molecule has 3 saturated heterocycles. The van der Waals surface area contributed by atoms with Gasteiger partial charge in [0.1, 0.15) is 23.8 Å². The standard InChI is InChI=1S/C21H28FN5O2/c22-16-9-15(16)21(28)27-13-4-5-14(27)12-26(11-13)18-6-7-24-17(20(18)23)10-25-19-3-1-2-8-29-19/h6-7,10,13-16,19,23,25H,1-5,8-9,11-12H2/b17-10+,23-20?/t13?,14?,15-,16-,19?/m1/s1. The summed E-state index contributed by atoms with van der Waals surface area (Å²) >= 11 is 0. The molecule has 2 N–H and O–H groups in total. The molecule has 4 aliphatic heterocycles. The van der Waals surface area contributed by atoms with Crippen molar-refractivity contribution in [2.75, 3.05) is 19.7 Å². The number of dihydropyridines is 1. The summed E-state index contributed by atoms with van der Waals surface area (Å²) in [6, 6.07) is 0.227. The molecule has 4 fully saturated rings. The first-order chi connectivity index (χ1) is 14.1. The van der Waals surface area contributed by atoms with E-state index in [9.17, 15) is 9.18 Å². The summed E-state index contributed by atoms with van der Waals surface area (Å²) in [5, 5.41) is 11.9. The maximum Gasteiger partial charge on any atom is 0.229 e. The molecule has 5 aliphatic rings. The van der Waals surface area contributed by atoms with Gasteiger partial charge in [0.05, 0.1) is 11.6 Å². The Morgan fingerprint density at radius 2 is 2.03 bits per heavy atom. The van der Waals surface area contributed by atoms with Gasteiger partial charge in [-0.15, -0.1) is 0 Å². The second-order valence-electron chi connectivity index (χ2n) is 8.65. The number of amides is 1. The number of hydrogen-bond acceptors (Lipinski definition) is 6. The number of fused-ring (bicyclic) bond motifs is 2. The topological polar surface area (TPSA) is 81.0 Å². The molecular formula is C21H28FN5O2. The summed E-state index contributed by atoms with van der Waals surface area (Å²) in [5.41, 5.74) is 1.83. The largest absolute Gasteiger partial charge is 0.366 e. The Morgan fingerprint density at radius 3 is 2.69 bits per heavy atom. The number of halogens is 1. The molecule has 0 aromatic heterocycles. The maximum absolute atomic E-state index is 13.4. The lowest BCUT2D eigenvalue weighted by Gasteiger charge is -2.43. The molecule has 4 heterocycles. The van der Waals surface area contributed by atoms with E-state index in [1.807, 2.05) is 11.0 Å². The number of carbonyl (C=O) groups excluding carboxylic acids is 1. The predicted molar refractivity (Wildman–Crippen MR) is 107 cm³/mol. The van der Waals surface area contributed by atoms with E-state index >= 15 is 0 Å². The summed E-state index contributed by atoms with van der Waals surface area (Å²) in [5.74, 6) is -0.414. The van der Waals surface area contributed by atoms with Gasteiger partial charge in [-0.05, 0) is 44.6 Å². The van der Waals surface area contributed by atoms with Gasteiger partial charge in [0.15, 0.2) is 0 Å². The van der Waals surface area contributed by atoms with Crippen molar-refractivity contribution in [3.8, 4) is 0 Å². The second kappa shape index (κ2) is 7.55. The third-order valence-electron chi connectivity index (χ3n) is 6.65. The lowest BCUT2D eigenvalue weighted by atomic mass is 10.1. The molecule has 1 saturated carbocycles. The molecule has 29 heavy (non-hydrogen) atoms. The van der Waals surface area contributed by atoms with Crippen LogP contribution in [-0.4, -0.2) is 71.8 Å². The molecule has 0 aromatic rings. The van der Waals surface area contributed by atoms with Gasteiger partial charge in [0.25, 0.3) is 0 Å². The van der Waals surface area contributed by atoms with E-state index in [0.29, 0.717) is 30.9 Å². The Hall–Kier alpha value is -2.22. The molecule has 5 rings (SSSR count). The third kappa shape index (κ3) is 3.58. The minimum Gasteiger partial charge on any atom is -0.366 e. The Labute approximate surface area is 170 Å². The van der Waals surface area contributed by atoms with Gasteiger partial charge in [-0.1, -0.05) is 0 Å². The van der Waals surface area contributed by atoms with E-state index < -0.39 is 12.1 Å². The number of alkyl halides is 1. The fourth-order valence-corrected chi connectivity index (χ4v) is 4.95. The fraction of sp³-hybridized carbons (Fsp3) is 0.667. The van der Waals surface area contributed by atoms with Crippen molar-refractivity contribution < 1.29 is 13.9 Å². The molecule has 8 heteroatoms. The number of piperazine rings is 1. The summed E-state index contributed by atoms with van der Waals surface area (Å²) in [6.45, 7) is 2.16. The highest BCUT2D eigenvalue weighted by molar-refractivity contribution is 6.14. The van der Waals surface area contributed by atoms with Crippen molar-refractivity contribution in [2.24, 2.45) is 10.9 Å². The summed E-state index contributed by atoms with van der Waals surface area (Å²) in [6.07, 6.45) is 9.93. The lowest BCUT2D eigenvalue weighted by Crippen LogP contribution is -2.56. The first-order valence-electron chi connectivity index (χ1n) is 10.7. The number of carbonyl (C=O) groups is 1. The zero-order valence-corrected chi connectivity index (χ0v) is 16.5. The van der Waals surface area contributed by atoms with Crippen LogP contribution in [-0.2, 0) is 9.53 Å². The van der Waals surface area contributed by atoms with Gasteiger partial charge in [-0.2, -0.15) is 0 Å². The zero-order valence-electron chi connectivity index (χ0n) is 16.5. The molecule has 0 spiro atoms. The molecule has 2 bridgehead atoms. The van der Waals surface area contributed by atoms with Crippen molar-refractivity contribution in [3.05, 3.63) is 23.7 Å². The van der Waals surface area contributed by atoms with Crippen molar-refractivity contribution in [3.63, 3.8) is 0 Å².